The average molecular weight is 324 g/mol. The van der Waals surface area contributed by atoms with Crippen LogP contribution in [0.15, 0.2) is 46.2 Å². The predicted molar refractivity (Wildman–Crippen MR) is 93.7 cm³/mol. The van der Waals surface area contributed by atoms with Crippen LogP contribution in [-0.2, 0) is 19.4 Å². The van der Waals surface area contributed by atoms with Gasteiger partial charge in [0.15, 0.2) is 10.8 Å². The summed E-state index contributed by atoms with van der Waals surface area (Å²) >= 11 is 1.66. The second-order valence-corrected chi connectivity index (χ2v) is 7.16. The Balaban J connectivity index is 1.44. The van der Waals surface area contributed by atoms with Gasteiger partial charge in [-0.15, -0.1) is 11.3 Å². The third-order valence-electron chi connectivity index (χ3n) is 4.57. The molecule has 118 valence electrons. The van der Waals surface area contributed by atoms with Crippen LogP contribution in [0.4, 0.5) is 0 Å². The van der Waals surface area contributed by atoms with Crippen LogP contribution in [0.25, 0.3) is 10.8 Å². The Bertz CT molecular complexity index is 795. The summed E-state index contributed by atoms with van der Waals surface area (Å²) in [4.78, 5) is 7.16. The Morgan fingerprint density at radius 3 is 2.57 bits per heavy atom. The molecule has 1 aromatic carbocycles. The van der Waals surface area contributed by atoms with Gasteiger partial charge in [-0.3, -0.25) is 4.90 Å². The molecule has 23 heavy (non-hydrogen) atoms. The van der Waals surface area contributed by atoms with Gasteiger partial charge in [-0.1, -0.05) is 24.3 Å². The van der Waals surface area contributed by atoms with Crippen LogP contribution in [0, 0.1) is 6.92 Å². The first-order chi connectivity index (χ1) is 11.2. The van der Waals surface area contributed by atoms with E-state index in [9.17, 15) is 0 Å². The summed E-state index contributed by atoms with van der Waals surface area (Å²) in [5.74, 6) is 1.80. The molecule has 2 aromatic heterocycles. The Morgan fingerprint density at radius 1 is 1.17 bits per heavy atom. The van der Waals surface area contributed by atoms with Gasteiger partial charge in [0.2, 0.25) is 0 Å². The quantitative estimate of drug-likeness (QED) is 0.716. The molecular weight excluding hydrogens is 304 g/mol. The Labute approximate surface area is 140 Å². The van der Waals surface area contributed by atoms with E-state index in [0.717, 1.165) is 41.6 Å². The zero-order valence-electron chi connectivity index (χ0n) is 13.5. The molecule has 1 aliphatic carbocycles. The van der Waals surface area contributed by atoms with Gasteiger partial charge in [0.1, 0.15) is 5.76 Å². The summed E-state index contributed by atoms with van der Waals surface area (Å²) in [6.07, 6.45) is 2.28. The molecule has 0 atom stereocenters. The van der Waals surface area contributed by atoms with Crippen molar-refractivity contribution in [3.8, 4) is 10.8 Å². The highest BCUT2D eigenvalue weighted by Gasteiger charge is 2.24. The normalized spacial score (nSPS) is 14.6. The molecule has 1 aliphatic rings. The van der Waals surface area contributed by atoms with Gasteiger partial charge in [-0.2, -0.15) is 0 Å². The number of hydrogen-bond donors (Lipinski definition) is 0. The zero-order valence-corrected chi connectivity index (χ0v) is 14.3. The van der Waals surface area contributed by atoms with E-state index in [-0.39, 0.29) is 0 Å². The topological polar surface area (TPSA) is 29.3 Å². The summed E-state index contributed by atoms with van der Waals surface area (Å²) in [7, 11) is 2.20. The molecule has 3 aromatic rings. The fourth-order valence-electron chi connectivity index (χ4n) is 3.27. The monoisotopic (exact) mass is 324 g/mol. The largest absolute Gasteiger partial charge is 0.459 e. The van der Waals surface area contributed by atoms with Crippen molar-refractivity contribution in [2.75, 3.05) is 7.05 Å². The van der Waals surface area contributed by atoms with E-state index in [1.54, 1.807) is 11.3 Å². The van der Waals surface area contributed by atoms with Gasteiger partial charge in [0, 0.05) is 18.0 Å². The van der Waals surface area contributed by atoms with Crippen molar-refractivity contribution in [3.63, 3.8) is 0 Å². The summed E-state index contributed by atoms with van der Waals surface area (Å²) in [6, 6.07) is 13.3. The molecule has 0 amide bonds. The van der Waals surface area contributed by atoms with Crippen LogP contribution in [0.3, 0.4) is 0 Å². The second kappa shape index (κ2) is 5.95. The summed E-state index contributed by atoms with van der Waals surface area (Å²) in [6.45, 7) is 2.85. The Kier molecular flexibility index (Phi) is 3.79. The van der Waals surface area contributed by atoms with Crippen molar-refractivity contribution in [3.05, 3.63) is 64.4 Å². The first-order valence-electron chi connectivity index (χ1n) is 7.97. The number of hydrogen-bond acceptors (Lipinski definition) is 4. The Hall–Kier alpha value is -1.91. The standard InChI is InChI=1S/C19H20N2OS/c1-13-7-8-18(22-13)19-20-16(12-23-19)11-21(2)17-9-14-5-3-4-6-15(14)10-17/h3-8,12,17H,9-11H2,1-2H3. The van der Waals surface area contributed by atoms with Gasteiger partial charge >= 0.3 is 0 Å². The van der Waals surface area contributed by atoms with E-state index in [0.29, 0.717) is 6.04 Å². The van der Waals surface area contributed by atoms with Crippen molar-refractivity contribution in [2.24, 2.45) is 0 Å². The number of aryl methyl sites for hydroxylation is 1. The van der Waals surface area contributed by atoms with E-state index in [1.165, 1.54) is 11.1 Å². The molecule has 0 fully saturated rings. The van der Waals surface area contributed by atoms with Crippen molar-refractivity contribution in [1.29, 1.82) is 0 Å². The van der Waals surface area contributed by atoms with Crippen LogP contribution in [-0.4, -0.2) is 23.0 Å². The van der Waals surface area contributed by atoms with Gasteiger partial charge in [-0.25, -0.2) is 4.98 Å². The second-order valence-electron chi connectivity index (χ2n) is 6.30. The smallest absolute Gasteiger partial charge is 0.162 e. The Morgan fingerprint density at radius 2 is 1.91 bits per heavy atom. The van der Waals surface area contributed by atoms with Gasteiger partial charge in [0.25, 0.3) is 0 Å². The molecule has 0 unspecified atom stereocenters. The lowest BCUT2D eigenvalue weighted by Crippen LogP contribution is -2.31. The number of furan rings is 1. The number of likely N-dealkylation sites (N-methyl/N-ethyl adjacent to an activating group) is 1. The first-order valence-corrected chi connectivity index (χ1v) is 8.85. The van der Waals surface area contributed by atoms with Gasteiger partial charge in [-0.05, 0) is 50.1 Å². The minimum Gasteiger partial charge on any atom is -0.459 e. The molecule has 0 aliphatic heterocycles. The molecule has 4 heteroatoms. The molecule has 4 rings (SSSR count). The minimum absolute atomic E-state index is 0.573. The zero-order chi connectivity index (χ0) is 15.8. The molecule has 0 radical (unpaired) electrons. The maximum atomic E-state index is 5.66. The molecule has 0 N–H and O–H groups in total. The van der Waals surface area contributed by atoms with Crippen molar-refractivity contribution in [2.45, 2.75) is 32.4 Å². The van der Waals surface area contributed by atoms with Crippen molar-refractivity contribution >= 4 is 11.3 Å². The SMILES string of the molecule is Cc1ccc(-c2nc(CN(C)C3Cc4ccccc4C3)cs2)o1. The average Bonchev–Trinajstić information content (AvgIpc) is 3.25. The minimum atomic E-state index is 0.573. The molecule has 0 saturated carbocycles. The highest BCUT2D eigenvalue weighted by Crippen LogP contribution is 2.28. The highest BCUT2D eigenvalue weighted by molar-refractivity contribution is 7.13. The molecule has 2 heterocycles. The van der Waals surface area contributed by atoms with Crippen LogP contribution in [0.1, 0.15) is 22.6 Å². The van der Waals surface area contributed by atoms with Crippen LogP contribution in [0.5, 0.6) is 0 Å². The lowest BCUT2D eigenvalue weighted by molar-refractivity contribution is 0.238. The maximum absolute atomic E-state index is 5.66. The van der Waals surface area contributed by atoms with Gasteiger partial charge < -0.3 is 4.42 Å². The summed E-state index contributed by atoms with van der Waals surface area (Å²) < 4.78 is 5.66. The van der Waals surface area contributed by atoms with Crippen molar-refractivity contribution < 1.29 is 4.42 Å². The summed E-state index contributed by atoms with van der Waals surface area (Å²) in [5, 5.41) is 3.11. The molecule has 0 saturated heterocycles. The third kappa shape index (κ3) is 2.96. The fourth-order valence-corrected chi connectivity index (χ4v) is 4.04. The third-order valence-corrected chi connectivity index (χ3v) is 5.47. The van der Waals surface area contributed by atoms with Crippen LogP contribution < -0.4 is 0 Å². The van der Waals surface area contributed by atoms with Crippen LogP contribution in [0.2, 0.25) is 0 Å². The van der Waals surface area contributed by atoms with E-state index in [1.807, 2.05) is 19.1 Å². The number of aromatic nitrogens is 1. The number of nitrogens with zero attached hydrogens (tertiary/aromatic N) is 2. The lowest BCUT2D eigenvalue weighted by atomic mass is 10.1. The van der Waals surface area contributed by atoms with Gasteiger partial charge in [0.05, 0.1) is 5.69 Å². The number of benzene rings is 1. The van der Waals surface area contributed by atoms with E-state index in [2.05, 4.69) is 41.6 Å². The van der Waals surface area contributed by atoms with E-state index < -0.39 is 0 Å². The number of fused-ring (bicyclic) bond motifs is 1. The van der Waals surface area contributed by atoms with Crippen LogP contribution >= 0.6 is 11.3 Å². The molecular formula is C19H20N2OS. The first kappa shape index (κ1) is 14.7. The molecule has 3 nitrogen and oxygen atoms in total. The van der Waals surface area contributed by atoms with E-state index >= 15 is 0 Å². The van der Waals surface area contributed by atoms with Crippen molar-refractivity contribution in [1.82, 2.24) is 9.88 Å². The summed E-state index contributed by atoms with van der Waals surface area (Å²) in [5.41, 5.74) is 4.11. The number of thiazole rings is 1. The fraction of sp³-hybridized carbons (Fsp3) is 0.316. The van der Waals surface area contributed by atoms with E-state index in [4.69, 9.17) is 9.40 Å². The highest BCUT2D eigenvalue weighted by atomic mass is 32.1. The number of rotatable bonds is 4. The maximum Gasteiger partial charge on any atom is 0.162 e. The molecule has 0 bridgehead atoms. The lowest BCUT2D eigenvalue weighted by Gasteiger charge is -2.23. The predicted octanol–water partition coefficient (Wildman–Crippen LogP) is 4.31. The molecule has 0 spiro atoms.